The van der Waals surface area contributed by atoms with Crippen LogP contribution in [0.2, 0.25) is 0 Å². The summed E-state index contributed by atoms with van der Waals surface area (Å²) in [5, 5.41) is 10.3. The molecule has 0 radical (unpaired) electrons. The van der Waals surface area contributed by atoms with Crippen LogP contribution in [-0.2, 0) is 14.3 Å². The largest absolute Gasteiger partial charge is 0.492 e. The number of amides is 1. The van der Waals surface area contributed by atoms with E-state index in [9.17, 15) is 4.79 Å². The second kappa shape index (κ2) is 15.7. The van der Waals surface area contributed by atoms with E-state index in [0.29, 0.717) is 29.7 Å². The Labute approximate surface area is 273 Å². The zero-order chi connectivity index (χ0) is 31.6. The van der Waals surface area contributed by atoms with Crippen molar-refractivity contribution in [2.24, 2.45) is 0 Å². The molecule has 0 unspecified atom stereocenters. The molecule has 3 N–H and O–H groups in total. The van der Waals surface area contributed by atoms with Gasteiger partial charge in [0.25, 0.3) is 0 Å². The molecule has 3 heterocycles. The topological polar surface area (TPSA) is 113 Å². The van der Waals surface area contributed by atoms with Crippen molar-refractivity contribution in [2.45, 2.75) is 16.3 Å². The number of benzene rings is 3. The standard InChI is InChI=1S/C34H39N7O4S/c1-43-31-24-36-34(38-27-4-10-29(11-5-27)41-18-22-45-23-19-41)39-33(31)46-30-12-6-26(7-13-30)37-32(42)14-15-35-25-2-8-28(9-3-25)40-16-20-44-21-17-40/h2-13,24,35H,14-23H2,1H3,(H,37,42)(H,36,38,39). The van der Waals surface area contributed by atoms with Crippen molar-refractivity contribution >= 4 is 52.1 Å². The molecule has 0 saturated carbocycles. The lowest BCUT2D eigenvalue weighted by Crippen LogP contribution is -2.36. The van der Waals surface area contributed by atoms with Gasteiger partial charge in [0.15, 0.2) is 5.75 Å². The number of hydrogen-bond acceptors (Lipinski definition) is 11. The third-order valence-corrected chi connectivity index (χ3v) is 8.71. The third kappa shape index (κ3) is 8.59. The smallest absolute Gasteiger partial charge is 0.228 e. The quantitative estimate of drug-likeness (QED) is 0.171. The minimum Gasteiger partial charge on any atom is -0.492 e. The number of morpholine rings is 2. The fourth-order valence-corrected chi connectivity index (χ4v) is 6.07. The molecule has 6 rings (SSSR count). The average molecular weight is 642 g/mol. The lowest BCUT2D eigenvalue weighted by Gasteiger charge is -2.28. The lowest BCUT2D eigenvalue weighted by molar-refractivity contribution is -0.115. The van der Waals surface area contributed by atoms with E-state index < -0.39 is 0 Å². The molecule has 1 amide bonds. The average Bonchev–Trinajstić information content (AvgIpc) is 3.11. The van der Waals surface area contributed by atoms with E-state index in [4.69, 9.17) is 19.2 Å². The van der Waals surface area contributed by atoms with E-state index in [-0.39, 0.29) is 5.91 Å². The number of carbonyl (C=O) groups excluding carboxylic acids is 1. The zero-order valence-corrected chi connectivity index (χ0v) is 26.7. The molecule has 2 fully saturated rings. The molecule has 12 heteroatoms. The Hall–Kier alpha value is -4.52. The fraction of sp³-hybridized carbons (Fsp3) is 0.324. The van der Waals surface area contributed by atoms with E-state index >= 15 is 0 Å². The number of ether oxygens (including phenoxy) is 3. The van der Waals surface area contributed by atoms with Crippen molar-refractivity contribution in [3.05, 3.63) is 79.0 Å². The molecule has 0 spiro atoms. The third-order valence-electron chi connectivity index (χ3n) is 7.72. The highest BCUT2D eigenvalue weighted by molar-refractivity contribution is 7.99. The maximum absolute atomic E-state index is 12.6. The van der Waals surface area contributed by atoms with Crippen LogP contribution in [0.5, 0.6) is 5.75 Å². The fourth-order valence-electron chi connectivity index (χ4n) is 5.21. The Morgan fingerprint density at radius 3 is 1.96 bits per heavy atom. The van der Waals surface area contributed by atoms with E-state index in [1.807, 2.05) is 36.4 Å². The Bertz CT molecular complexity index is 1560. The van der Waals surface area contributed by atoms with Gasteiger partial charge in [-0.05, 0) is 72.8 Å². The monoisotopic (exact) mass is 641 g/mol. The number of nitrogens with one attached hydrogen (secondary N) is 3. The van der Waals surface area contributed by atoms with E-state index in [1.165, 1.54) is 23.1 Å². The summed E-state index contributed by atoms with van der Waals surface area (Å²) in [7, 11) is 1.61. The molecule has 0 atom stereocenters. The van der Waals surface area contributed by atoms with Gasteiger partial charge in [-0.3, -0.25) is 4.79 Å². The molecule has 3 aromatic carbocycles. The first-order chi connectivity index (χ1) is 22.6. The van der Waals surface area contributed by atoms with Gasteiger partial charge in [-0.25, -0.2) is 9.97 Å². The second-order valence-electron chi connectivity index (χ2n) is 10.8. The van der Waals surface area contributed by atoms with Crippen LogP contribution in [0.3, 0.4) is 0 Å². The second-order valence-corrected chi connectivity index (χ2v) is 11.9. The number of hydrogen-bond donors (Lipinski definition) is 3. The van der Waals surface area contributed by atoms with Crippen LogP contribution in [0.25, 0.3) is 0 Å². The first-order valence-corrected chi connectivity index (χ1v) is 16.3. The first-order valence-electron chi connectivity index (χ1n) is 15.5. The van der Waals surface area contributed by atoms with Crippen molar-refractivity contribution in [2.75, 3.05) is 92.0 Å². The number of rotatable bonds is 12. The summed E-state index contributed by atoms with van der Waals surface area (Å²) < 4.78 is 16.4. The van der Waals surface area contributed by atoms with Gasteiger partial charge in [0.2, 0.25) is 11.9 Å². The van der Waals surface area contributed by atoms with Crippen LogP contribution in [0.1, 0.15) is 6.42 Å². The number of carbonyl (C=O) groups is 1. The van der Waals surface area contributed by atoms with Crippen LogP contribution in [0.4, 0.5) is 34.4 Å². The van der Waals surface area contributed by atoms with Gasteiger partial charge in [-0.2, -0.15) is 0 Å². The minimum atomic E-state index is -0.0518. The van der Waals surface area contributed by atoms with Gasteiger partial charge in [0, 0.05) is 72.5 Å². The number of anilines is 6. The van der Waals surface area contributed by atoms with E-state index in [2.05, 4.69) is 67.1 Å². The van der Waals surface area contributed by atoms with Crippen molar-refractivity contribution in [1.82, 2.24) is 9.97 Å². The Kier molecular flexibility index (Phi) is 10.7. The minimum absolute atomic E-state index is 0.0518. The van der Waals surface area contributed by atoms with Gasteiger partial charge in [0.05, 0.1) is 39.7 Å². The maximum Gasteiger partial charge on any atom is 0.228 e. The normalized spacial score (nSPS) is 14.9. The summed E-state index contributed by atoms with van der Waals surface area (Å²) in [5.41, 5.74) is 4.99. The molecule has 2 aliphatic rings. The van der Waals surface area contributed by atoms with Crippen LogP contribution in [0.15, 0.2) is 88.9 Å². The van der Waals surface area contributed by atoms with Crippen molar-refractivity contribution in [1.29, 1.82) is 0 Å². The van der Waals surface area contributed by atoms with Gasteiger partial charge in [0.1, 0.15) is 5.03 Å². The van der Waals surface area contributed by atoms with Gasteiger partial charge in [-0.15, -0.1) is 0 Å². The van der Waals surface area contributed by atoms with Crippen LogP contribution in [0, 0.1) is 0 Å². The zero-order valence-electron chi connectivity index (χ0n) is 25.9. The van der Waals surface area contributed by atoms with Crippen LogP contribution >= 0.6 is 11.8 Å². The molecular formula is C34H39N7O4S. The van der Waals surface area contributed by atoms with Crippen LogP contribution in [-0.4, -0.2) is 82.1 Å². The molecule has 0 aliphatic carbocycles. The summed E-state index contributed by atoms with van der Waals surface area (Å²) in [5.74, 6) is 1.01. The molecule has 2 aliphatic heterocycles. The Morgan fingerprint density at radius 2 is 1.37 bits per heavy atom. The van der Waals surface area contributed by atoms with Crippen LogP contribution < -0.4 is 30.5 Å². The summed E-state index contributed by atoms with van der Waals surface area (Å²) in [6.07, 6.45) is 2.02. The van der Waals surface area contributed by atoms with Gasteiger partial charge in [-0.1, -0.05) is 11.8 Å². The molecule has 11 nitrogen and oxygen atoms in total. The molecule has 2 saturated heterocycles. The summed E-state index contributed by atoms with van der Waals surface area (Å²) in [4.78, 5) is 27.3. The lowest BCUT2D eigenvalue weighted by atomic mass is 10.2. The van der Waals surface area contributed by atoms with Crippen molar-refractivity contribution in [3.8, 4) is 5.75 Å². The summed E-state index contributed by atoms with van der Waals surface area (Å²) >= 11 is 1.47. The SMILES string of the molecule is COc1cnc(Nc2ccc(N3CCOCC3)cc2)nc1Sc1ccc(NC(=O)CCNc2ccc(N3CCOCC3)cc2)cc1. The Balaban J connectivity index is 0.980. The highest BCUT2D eigenvalue weighted by atomic mass is 32.2. The van der Waals surface area contributed by atoms with Gasteiger partial charge < -0.3 is 40.0 Å². The molecular weight excluding hydrogens is 602 g/mol. The molecule has 240 valence electrons. The highest BCUT2D eigenvalue weighted by Crippen LogP contribution is 2.34. The van der Waals surface area contributed by atoms with E-state index in [1.54, 1.807) is 13.3 Å². The van der Waals surface area contributed by atoms with Crippen molar-refractivity contribution in [3.63, 3.8) is 0 Å². The van der Waals surface area contributed by atoms with Crippen molar-refractivity contribution < 1.29 is 19.0 Å². The molecule has 4 aromatic rings. The number of methoxy groups -OCH3 is 1. The number of aromatic nitrogens is 2. The highest BCUT2D eigenvalue weighted by Gasteiger charge is 2.14. The summed E-state index contributed by atoms with van der Waals surface area (Å²) in [6, 6.07) is 24.2. The molecule has 0 bridgehead atoms. The molecule has 46 heavy (non-hydrogen) atoms. The Morgan fingerprint density at radius 1 is 0.804 bits per heavy atom. The summed E-state index contributed by atoms with van der Waals surface area (Å²) in [6.45, 7) is 7.17. The maximum atomic E-state index is 12.6. The predicted octanol–water partition coefficient (Wildman–Crippen LogP) is 5.49. The first kappa shape index (κ1) is 31.5. The van der Waals surface area contributed by atoms with Gasteiger partial charge >= 0.3 is 0 Å². The predicted molar refractivity (Wildman–Crippen MR) is 183 cm³/mol. The van der Waals surface area contributed by atoms with E-state index in [0.717, 1.165) is 74.6 Å². The molecule has 1 aromatic heterocycles. The number of nitrogens with zero attached hydrogens (tertiary/aromatic N) is 4.